The van der Waals surface area contributed by atoms with Crippen LogP contribution in [0, 0.1) is 5.82 Å². The van der Waals surface area contributed by atoms with E-state index in [-0.39, 0.29) is 23.2 Å². The van der Waals surface area contributed by atoms with Crippen LogP contribution in [0.15, 0.2) is 18.2 Å². The minimum atomic E-state index is -0.646. The predicted octanol–water partition coefficient (Wildman–Crippen LogP) is 2.32. The van der Waals surface area contributed by atoms with Crippen LogP contribution in [0.2, 0.25) is 5.02 Å². The summed E-state index contributed by atoms with van der Waals surface area (Å²) in [7, 11) is 0. The Bertz CT molecular complexity index is 411. The zero-order valence-corrected chi connectivity index (χ0v) is 11.5. The van der Waals surface area contributed by atoms with Gasteiger partial charge in [-0.1, -0.05) is 11.6 Å². The molecule has 1 unspecified atom stereocenters. The zero-order valence-electron chi connectivity index (χ0n) is 9.95. The van der Waals surface area contributed by atoms with Gasteiger partial charge in [0.1, 0.15) is 5.82 Å². The first-order valence-electron chi connectivity index (χ1n) is 5.44. The van der Waals surface area contributed by atoms with E-state index in [0.29, 0.717) is 12.2 Å². The molecule has 1 aromatic rings. The molecule has 0 aromatic heterocycles. The summed E-state index contributed by atoms with van der Waals surface area (Å²) in [6.07, 6.45) is 2.35. The van der Waals surface area contributed by atoms with Crippen LogP contribution in [-0.2, 0) is 0 Å². The van der Waals surface area contributed by atoms with Gasteiger partial charge in [0.2, 0.25) is 0 Å². The summed E-state index contributed by atoms with van der Waals surface area (Å²) in [6.45, 7) is -0.0192. The first-order chi connectivity index (χ1) is 8.58. The lowest BCUT2D eigenvalue weighted by Crippen LogP contribution is -2.37. The maximum atomic E-state index is 13.5. The minimum Gasteiger partial charge on any atom is -0.396 e. The van der Waals surface area contributed by atoms with Gasteiger partial charge in [-0.3, -0.25) is 4.79 Å². The summed E-state index contributed by atoms with van der Waals surface area (Å²) in [6, 6.07) is 3.75. The number of aliphatic hydroxyl groups is 1. The molecular formula is C12H15ClFNO2S. The monoisotopic (exact) mass is 291 g/mol. The van der Waals surface area contributed by atoms with Gasteiger partial charge >= 0.3 is 0 Å². The van der Waals surface area contributed by atoms with Crippen molar-refractivity contribution in [3.63, 3.8) is 0 Å². The minimum absolute atomic E-state index is 0.0192. The number of hydrogen-bond acceptors (Lipinski definition) is 3. The Balaban J connectivity index is 2.73. The smallest absolute Gasteiger partial charge is 0.254 e. The zero-order chi connectivity index (χ0) is 13.5. The van der Waals surface area contributed by atoms with Gasteiger partial charge in [0.25, 0.3) is 5.91 Å². The van der Waals surface area contributed by atoms with Crippen LogP contribution in [-0.4, -0.2) is 35.7 Å². The molecule has 1 amide bonds. The number of hydrogen-bond donors (Lipinski definition) is 2. The number of carbonyl (C=O) groups is 1. The van der Waals surface area contributed by atoms with Crippen molar-refractivity contribution in [3.05, 3.63) is 34.6 Å². The second kappa shape index (κ2) is 7.61. The van der Waals surface area contributed by atoms with E-state index in [1.807, 2.05) is 6.26 Å². The number of benzene rings is 1. The molecule has 1 rings (SSSR count). The Morgan fingerprint density at radius 3 is 2.89 bits per heavy atom. The maximum absolute atomic E-state index is 13.5. The molecule has 0 aliphatic carbocycles. The van der Waals surface area contributed by atoms with E-state index in [0.717, 1.165) is 6.07 Å². The van der Waals surface area contributed by atoms with Gasteiger partial charge in [0.15, 0.2) is 0 Å². The van der Waals surface area contributed by atoms with Crippen molar-refractivity contribution >= 4 is 29.3 Å². The summed E-state index contributed by atoms with van der Waals surface area (Å²) in [4.78, 5) is 11.9. The molecule has 0 heterocycles. The summed E-state index contributed by atoms with van der Waals surface area (Å²) < 4.78 is 13.5. The van der Waals surface area contributed by atoms with Crippen molar-refractivity contribution in [2.45, 2.75) is 12.5 Å². The lowest BCUT2D eigenvalue weighted by Gasteiger charge is -2.16. The van der Waals surface area contributed by atoms with E-state index in [2.05, 4.69) is 5.32 Å². The Morgan fingerprint density at radius 1 is 1.61 bits per heavy atom. The first kappa shape index (κ1) is 15.3. The molecule has 0 bridgehead atoms. The summed E-state index contributed by atoms with van der Waals surface area (Å²) in [5.74, 6) is -0.467. The normalized spacial score (nSPS) is 12.2. The SMILES string of the molecule is CSCC(CCO)NC(=O)c1ccc(Cl)cc1F. The lowest BCUT2D eigenvalue weighted by atomic mass is 10.1. The molecule has 0 saturated carbocycles. The van der Waals surface area contributed by atoms with Crippen LogP contribution in [0.4, 0.5) is 4.39 Å². The lowest BCUT2D eigenvalue weighted by molar-refractivity contribution is 0.0931. The average molecular weight is 292 g/mol. The Kier molecular flexibility index (Phi) is 6.46. The van der Waals surface area contributed by atoms with E-state index in [1.54, 1.807) is 11.8 Å². The third-order valence-electron chi connectivity index (χ3n) is 2.36. The number of nitrogens with one attached hydrogen (secondary N) is 1. The van der Waals surface area contributed by atoms with Crippen molar-refractivity contribution in [2.75, 3.05) is 18.6 Å². The fourth-order valence-electron chi connectivity index (χ4n) is 1.49. The van der Waals surface area contributed by atoms with E-state index < -0.39 is 11.7 Å². The number of thioether (sulfide) groups is 1. The highest BCUT2D eigenvalue weighted by atomic mass is 35.5. The molecule has 18 heavy (non-hydrogen) atoms. The van der Waals surface area contributed by atoms with Crippen LogP contribution < -0.4 is 5.32 Å². The largest absolute Gasteiger partial charge is 0.396 e. The summed E-state index contributed by atoms with van der Waals surface area (Å²) >= 11 is 7.17. The van der Waals surface area contributed by atoms with Gasteiger partial charge in [-0.25, -0.2) is 4.39 Å². The van der Waals surface area contributed by atoms with Crippen molar-refractivity contribution in [2.24, 2.45) is 0 Å². The molecule has 100 valence electrons. The highest BCUT2D eigenvalue weighted by molar-refractivity contribution is 7.98. The molecule has 0 aliphatic heterocycles. The highest BCUT2D eigenvalue weighted by Gasteiger charge is 2.16. The maximum Gasteiger partial charge on any atom is 0.254 e. The van der Waals surface area contributed by atoms with Gasteiger partial charge < -0.3 is 10.4 Å². The molecule has 0 aliphatic rings. The van der Waals surface area contributed by atoms with E-state index in [4.69, 9.17) is 16.7 Å². The fraction of sp³-hybridized carbons (Fsp3) is 0.417. The molecule has 6 heteroatoms. The molecule has 0 spiro atoms. The van der Waals surface area contributed by atoms with E-state index in [9.17, 15) is 9.18 Å². The molecule has 2 N–H and O–H groups in total. The second-order valence-electron chi connectivity index (χ2n) is 3.76. The third kappa shape index (κ3) is 4.48. The molecule has 0 radical (unpaired) electrons. The summed E-state index contributed by atoms with van der Waals surface area (Å²) in [5.41, 5.74) is -0.0385. The van der Waals surface area contributed by atoms with Gasteiger partial charge in [0.05, 0.1) is 5.56 Å². The Hall–Kier alpha value is -0.780. The molecule has 0 fully saturated rings. The van der Waals surface area contributed by atoms with Gasteiger partial charge in [0, 0.05) is 23.4 Å². The van der Waals surface area contributed by atoms with Crippen LogP contribution >= 0.6 is 23.4 Å². The van der Waals surface area contributed by atoms with Gasteiger partial charge in [-0.15, -0.1) is 0 Å². The number of carbonyl (C=O) groups excluding carboxylic acids is 1. The predicted molar refractivity (Wildman–Crippen MR) is 72.7 cm³/mol. The molecule has 0 saturated heterocycles. The van der Waals surface area contributed by atoms with Gasteiger partial charge in [-0.2, -0.15) is 11.8 Å². The van der Waals surface area contributed by atoms with E-state index in [1.165, 1.54) is 12.1 Å². The highest BCUT2D eigenvalue weighted by Crippen LogP contribution is 2.15. The Morgan fingerprint density at radius 2 is 2.33 bits per heavy atom. The number of rotatable bonds is 6. The molecule has 3 nitrogen and oxygen atoms in total. The van der Waals surface area contributed by atoms with Crippen molar-refractivity contribution in [3.8, 4) is 0 Å². The third-order valence-corrected chi connectivity index (χ3v) is 3.33. The number of aliphatic hydroxyl groups excluding tert-OH is 1. The standard InChI is InChI=1S/C12H15ClFNO2S/c1-18-7-9(4-5-16)15-12(17)10-3-2-8(13)6-11(10)14/h2-3,6,9,16H,4-5,7H2,1H3,(H,15,17). The molecule has 1 atom stereocenters. The van der Waals surface area contributed by atoms with Crippen LogP contribution in [0.3, 0.4) is 0 Å². The Labute approximate surface area is 115 Å². The first-order valence-corrected chi connectivity index (χ1v) is 7.21. The van der Waals surface area contributed by atoms with E-state index >= 15 is 0 Å². The number of halogens is 2. The molecule has 1 aromatic carbocycles. The second-order valence-corrected chi connectivity index (χ2v) is 5.11. The van der Waals surface area contributed by atoms with Crippen molar-refractivity contribution in [1.29, 1.82) is 0 Å². The number of amides is 1. The molecular weight excluding hydrogens is 277 g/mol. The van der Waals surface area contributed by atoms with Crippen LogP contribution in [0.5, 0.6) is 0 Å². The van der Waals surface area contributed by atoms with Crippen molar-refractivity contribution in [1.82, 2.24) is 5.32 Å². The fourth-order valence-corrected chi connectivity index (χ4v) is 2.30. The van der Waals surface area contributed by atoms with Gasteiger partial charge in [-0.05, 0) is 30.9 Å². The van der Waals surface area contributed by atoms with Crippen molar-refractivity contribution < 1.29 is 14.3 Å². The quantitative estimate of drug-likeness (QED) is 0.846. The summed E-state index contributed by atoms with van der Waals surface area (Å²) in [5, 5.41) is 11.8. The average Bonchev–Trinajstić information content (AvgIpc) is 2.29. The van der Waals surface area contributed by atoms with Crippen LogP contribution in [0.1, 0.15) is 16.8 Å². The van der Waals surface area contributed by atoms with Crippen LogP contribution in [0.25, 0.3) is 0 Å². The topological polar surface area (TPSA) is 49.3 Å².